The SMILES string of the molecule is CCCCP(CCCC)C1=Cc2ccccc2[CH]1[Zr+2][CH]1C=Cc2c(C)ccc(C)c21.[Cl-].[Cl-]. The maximum absolute atomic E-state index is 2.64. The van der Waals surface area contributed by atoms with Gasteiger partial charge in [-0.25, -0.2) is 0 Å². The summed E-state index contributed by atoms with van der Waals surface area (Å²) in [6.45, 7) is 9.31. The molecular formula is C28H35Cl2PZr. The van der Waals surface area contributed by atoms with E-state index in [2.05, 4.69) is 82.3 Å². The molecular weight excluding hydrogens is 529 g/mol. The number of allylic oxidation sites excluding steroid dienone is 2. The van der Waals surface area contributed by atoms with Crippen molar-refractivity contribution < 1.29 is 48.0 Å². The molecule has 2 aliphatic rings. The third kappa shape index (κ3) is 5.89. The molecule has 2 unspecified atom stereocenters. The van der Waals surface area contributed by atoms with Crippen molar-refractivity contribution in [1.29, 1.82) is 0 Å². The third-order valence-electron chi connectivity index (χ3n) is 6.67. The second-order valence-electron chi connectivity index (χ2n) is 8.86. The zero-order chi connectivity index (χ0) is 21.1. The van der Waals surface area contributed by atoms with Crippen LogP contribution in [0, 0.1) is 13.8 Å². The molecule has 0 aliphatic heterocycles. The van der Waals surface area contributed by atoms with Crippen LogP contribution < -0.4 is 24.8 Å². The van der Waals surface area contributed by atoms with E-state index < -0.39 is 23.2 Å². The fraction of sp³-hybridized carbons (Fsp3) is 0.429. The molecule has 0 N–H and O–H groups in total. The van der Waals surface area contributed by atoms with Crippen molar-refractivity contribution in [1.82, 2.24) is 0 Å². The van der Waals surface area contributed by atoms with Gasteiger partial charge in [0, 0.05) is 0 Å². The van der Waals surface area contributed by atoms with Crippen molar-refractivity contribution in [2.75, 3.05) is 12.3 Å². The number of rotatable bonds is 9. The maximum atomic E-state index is 2.64. The Labute approximate surface area is 220 Å². The molecule has 0 bridgehead atoms. The van der Waals surface area contributed by atoms with Gasteiger partial charge in [-0.2, -0.15) is 0 Å². The Balaban J connectivity index is 0.00000181. The Morgan fingerprint density at radius 2 is 1.53 bits per heavy atom. The summed E-state index contributed by atoms with van der Waals surface area (Å²) < 4.78 is 1.49. The molecule has 4 heteroatoms. The van der Waals surface area contributed by atoms with Crippen LogP contribution in [0.5, 0.6) is 0 Å². The van der Waals surface area contributed by atoms with Crippen LogP contribution in [0.4, 0.5) is 0 Å². The standard InChI is InChI=1S/C17H24P.C11H11.2ClH.Zr/c1-3-5-11-18(12-6-4-2)17-13-15-9-7-8-10-16(15)14-17;1-8-6-7-9(2)11-5-3-4-10(8)11;;;/h7-10,13-14H,3-6,11-12H2,1-2H3;3-7H,1-2H3;2*1H;/q;;;;+2/p-2. The van der Waals surface area contributed by atoms with E-state index in [1.54, 1.807) is 11.1 Å². The van der Waals surface area contributed by atoms with Gasteiger partial charge in [-0.1, -0.05) is 0 Å². The Morgan fingerprint density at radius 1 is 0.875 bits per heavy atom. The van der Waals surface area contributed by atoms with Gasteiger partial charge in [-0.3, -0.25) is 0 Å². The Bertz CT molecular complexity index is 958. The van der Waals surface area contributed by atoms with E-state index in [1.165, 1.54) is 60.3 Å². The monoisotopic (exact) mass is 562 g/mol. The van der Waals surface area contributed by atoms with E-state index in [0.29, 0.717) is 0 Å². The molecule has 32 heavy (non-hydrogen) atoms. The fourth-order valence-corrected chi connectivity index (χ4v) is 14.1. The summed E-state index contributed by atoms with van der Waals surface area (Å²) in [5, 5.41) is 1.87. The van der Waals surface area contributed by atoms with Crippen LogP contribution in [0.3, 0.4) is 0 Å². The third-order valence-corrected chi connectivity index (χ3v) is 14.5. The molecule has 0 saturated heterocycles. The van der Waals surface area contributed by atoms with Crippen molar-refractivity contribution >= 4 is 20.1 Å². The molecule has 0 saturated carbocycles. The van der Waals surface area contributed by atoms with Gasteiger partial charge in [0.1, 0.15) is 0 Å². The van der Waals surface area contributed by atoms with E-state index in [9.17, 15) is 0 Å². The predicted molar refractivity (Wildman–Crippen MR) is 131 cm³/mol. The molecule has 2 atom stereocenters. The first-order valence-corrected chi connectivity index (χ1v) is 16.3. The van der Waals surface area contributed by atoms with E-state index in [4.69, 9.17) is 0 Å². The fourth-order valence-electron chi connectivity index (χ4n) is 4.92. The van der Waals surface area contributed by atoms with Crippen molar-refractivity contribution in [3.63, 3.8) is 0 Å². The van der Waals surface area contributed by atoms with E-state index in [0.717, 1.165) is 7.25 Å². The van der Waals surface area contributed by atoms with Gasteiger partial charge in [0.05, 0.1) is 0 Å². The summed E-state index contributed by atoms with van der Waals surface area (Å²) in [7, 11) is 0.0189. The van der Waals surface area contributed by atoms with E-state index >= 15 is 0 Å². The van der Waals surface area contributed by atoms with Crippen LogP contribution in [0.25, 0.3) is 12.2 Å². The van der Waals surface area contributed by atoms with E-state index in [-0.39, 0.29) is 32.7 Å². The molecule has 0 aromatic heterocycles. The molecule has 2 aromatic rings. The molecule has 0 nitrogen and oxygen atoms in total. The van der Waals surface area contributed by atoms with Gasteiger partial charge in [0.25, 0.3) is 0 Å². The second kappa shape index (κ2) is 13.0. The second-order valence-corrected chi connectivity index (χ2v) is 15.1. The molecule has 0 fully saturated rings. The van der Waals surface area contributed by atoms with Gasteiger partial charge < -0.3 is 24.8 Å². The summed E-state index contributed by atoms with van der Waals surface area (Å²) in [6.07, 6.45) is 16.0. The number of hydrogen-bond donors (Lipinski definition) is 0. The predicted octanol–water partition coefficient (Wildman–Crippen LogP) is 2.64. The van der Waals surface area contributed by atoms with Gasteiger partial charge in [0.15, 0.2) is 0 Å². The van der Waals surface area contributed by atoms with Crippen molar-refractivity contribution in [2.45, 2.75) is 60.6 Å². The number of fused-ring (bicyclic) bond motifs is 2. The molecule has 2 aromatic carbocycles. The summed E-state index contributed by atoms with van der Waals surface area (Å²) in [5.74, 6) is 0. The summed E-state index contributed by atoms with van der Waals surface area (Å²) in [4.78, 5) is 0. The first kappa shape index (κ1) is 28.1. The maximum Gasteiger partial charge on any atom is -1.00 e. The van der Waals surface area contributed by atoms with Crippen molar-refractivity contribution in [3.8, 4) is 0 Å². The minimum Gasteiger partial charge on any atom is -1.00 e. The number of unbranched alkanes of at least 4 members (excludes halogenated alkanes) is 2. The first-order chi connectivity index (χ1) is 14.6. The molecule has 2 aliphatic carbocycles. The summed E-state index contributed by atoms with van der Waals surface area (Å²) >= 11 is -0.724. The van der Waals surface area contributed by atoms with Crippen molar-refractivity contribution in [3.05, 3.63) is 81.2 Å². The molecule has 0 amide bonds. The summed E-state index contributed by atoms with van der Waals surface area (Å²) in [5.41, 5.74) is 9.33. The van der Waals surface area contributed by atoms with Crippen LogP contribution in [0.2, 0.25) is 0 Å². The largest absolute Gasteiger partial charge is 1.00 e. The topological polar surface area (TPSA) is 0 Å². The van der Waals surface area contributed by atoms with Crippen molar-refractivity contribution in [2.24, 2.45) is 0 Å². The number of halogens is 2. The van der Waals surface area contributed by atoms with Gasteiger partial charge in [0.2, 0.25) is 0 Å². The minimum atomic E-state index is -0.724. The molecule has 0 radical (unpaired) electrons. The Morgan fingerprint density at radius 3 is 2.22 bits per heavy atom. The zero-order valence-electron chi connectivity index (χ0n) is 19.8. The van der Waals surface area contributed by atoms with Crippen LogP contribution in [0.1, 0.15) is 80.2 Å². The Hall–Kier alpha value is -0.187. The average molecular weight is 565 g/mol. The van der Waals surface area contributed by atoms with Crippen LogP contribution in [-0.4, -0.2) is 12.3 Å². The quantitative estimate of drug-likeness (QED) is 0.411. The molecule has 0 heterocycles. The minimum absolute atomic E-state index is 0. The number of hydrogen-bond acceptors (Lipinski definition) is 0. The molecule has 4 rings (SSSR count). The molecule has 170 valence electrons. The van der Waals surface area contributed by atoms with Crippen LogP contribution in [0.15, 0.2) is 47.8 Å². The number of benzene rings is 2. The van der Waals surface area contributed by atoms with Gasteiger partial charge in [-0.15, -0.1) is 0 Å². The number of aryl methyl sites for hydroxylation is 2. The first-order valence-electron chi connectivity index (χ1n) is 11.7. The zero-order valence-corrected chi connectivity index (χ0v) is 24.7. The average Bonchev–Trinajstić information content (AvgIpc) is 3.34. The summed E-state index contributed by atoms with van der Waals surface area (Å²) in [6, 6.07) is 14.0. The smallest absolute Gasteiger partial charge is 1.00 e. The van der Waals surface area contributed by atoms with E-state index in [1.807, 2.05) is 5.31 Å². The van der Waals surface area contributed by atoms with Crippen LogP contribution >= 0.6 is 7.92 Å². The van der Waals surface area contributed by atoms with Gasteiger partial charge >= 0.3 is 197 Å². The normalized spacial score (nSPS) is 17.8. The van der Waals surface area contributed by atoms with Gasteiger partial charge in [-0.05, 0) is 0 Å². The Kier molecular flexibility index (Phi) is 11.4. The van der Waals surface area contributed by atoms with Crippen LogP contribution in [-0.2, 0) is 23.2 Å². The molecule has 0 spiro atoms.